The molecule has 0 unspecified atom stereocenters. The van der Waals surface area contributed by atoms with E-state index >= 15 is 0 Å². The average Bonchev–Trinajstić information content (AvgIpc) is 2.69. The summed E-state index contributed by atoms with van der Waals surface area (Å²) in [6.45, 7) is 2.19. The van der Waals surface area contributed by atoms with E-state index in [0.29, 0.717) is 0 Å². The van der Waals surface area contributed by atoms with Gasteiger partial charge in [-0.1, -0.05) is 54.6 Å². The molecule has 0 spiro atoms. The number of benzene rings is 4. The van der Waals surface area contributed by atoms with Crippen LogP contribution in [0.5, 0.6) is 11.5 Å². The van der Waals surface area contributed by atoms with Gasteiger partial charge in [-0.15, -0.1) is 0 Å². The van der Waals surface area contributed by atoms with E-state index in [1.807, 2.05) is 0 Å². The maximum absolute atomic E-state index is 6.59. The molecule has 6 rings (SSSR count). The summed E-state index contributed by atoms with van der Waals surface area (Å²) < 4.78 is 8.80. The van der Waals surface area contributed by atoms with Gasteiger partial charge in [0, 0.05) is 10.8 Å². The van der Waals surface area contributed by atoms with Crippen molar-refractivity contribution in [3.63, 3.8) is 0 Å². The Kier molecular flexibility index (Phi) is 2.77. The van der Waals surface area contributed by atoms with Crippen molar-refractivity contribution in [2.45, 2.75) is 6.92 Å². The zero-order valence-corrected chi connectivity index (χ0v) is 15.3. The molecule has 0 N–H and O–H groups in total. The molecule has 0 atom stereocenters. The summed E-state index contributed by atoms with van der Waals surface area (Å²) in [6, 6.07) is 23.6. The normalized spacial score (nSPS) is 12.4. The highest BCUT2D eigenvalue weighted by atomic mass is 16.5. The Labute approximate surface area is 157 Å². The fraction of sp³-hybridized carbons (Fsp3) is 0.0800. The molecule has 2 nitrogen and oxygen atoms in total. The number of nitrogens with zero attached hydrogens (tertiary/aromatic N) is 1. The van der Waals surface area contributed by atoms with Crippen LogP contribution in [0.3, 0.4) is 0 Å². The van der Waals surface area contributed by atoms with Gasteiger partial charge in [0.2, 0.25) is 5.75 Å². The second-order valence-electron chi connectivity index (χ2n) is 7.38. The van der Waals surface area contributed by atoms with Gasteiger partial charge in [-0.25, -0.2) is 0 Å². The number of aryl methyl sites for hydroxylation is 2. The van der Waals surface area contributed by atoms with Crippen LogP contribution in [0.15, 0.2) is 72.9 Å². The van der Waals surface area contributed by atoms with E-state index in [0.717, 1.165) is 17.2 Å². The van der Waals surface area contributed by atoms with Gasteiger partial charge in [0.1, 0.15) is 12.8 Å². The Balaban J connectivity index is 1.89. The van der Waals surface area contributed by atoms with Crippen LogP contribution in [0, 0.1) is 6.92 Å². The Bertz CT molecular complexity index is 1420. The van der Waals surface area contributed by atoms with Crippen molar-refractivity contribution in [3.8, 4) is 22.8 Å². The minimum atomic E-state index is 0.944. The summed E-state index contributed by atoms with van der Waals surface area (Å²) in [4.78, 5) is 0. The molecular formula is C25H18NO+. The summed E-state index contributed by atoms with van der Waals surface area (Å²) in [5.74, 6) is 1.90. The molecule has 2 heterocycles. The summed E-state index contributed by atoms with van der Waals surface area (Å²) in [5, 5.41) is 7.28. The molecule has 128 valence electrons. The molecular weight excluding hydrogens is 330 g/mol. The van der Waals surface area contributed by atoms with Crippen molar-refractivity contribution in [3.05, 3.63) is 78.5 Å². The van der Waals surface area contributed by atoms with Crippen LogP contribution in [0.1, 0.15) is 5.56 Å². The third-order valence-corrected chi connectivity index (χ3v) is 5.75. The molecule has 2 heteroatoms. The Hall–Kier alpha value is -3.39. The predicted octanol–water partition coefficient (Wildman–Crippen LogP) is 6.05. The third-order valence-electron chi connectivity index (χ3n) is 5.75. The Morgan fingerprint density at radius 1 is 0.741 bits per heavy atom. The number of ether oxygens (including phenoxy) is 1. The molecule has 5 aromatic rings. The summed E-state index contributed by atoms with van der Waals surface area (Å²) in [5.41, 5.74) is 3.71. The van der Waals surface area contributed by atoms with E-state index in [1.54, 1.807) is 0 Å². The zero-order valence-electron chi connectivity index (χ0n) is 15.3. The van der Waals surface area contributed by atoms with E-state index < -0.39 is 0 Å². The topological polar surface area (TPSA) is 13.1 Å². The number of rotatable bonds is 0. The minimum Gasteiger partial charge on any atom is -0.449 e. The monoisotopic (exact) mass is 348 g/mol. The highest BCUT2D eigenvalue weighted by Gasteiger charge is 2.31. The Morgan fingerprint density at radius 3 is 2.44 bits per heavy atom. The van der Waals surface area contributed by atoms with Gasteiger partial charge in [0.25, 0.3) is 5.69 Å². The second kappa shape index (κ2) is 5.08. The molecule has 4 aromatic carbocycles. The lowest BCUT2D eigenvalue weighted by atomic mass is 9.91. The molecule has 1 aromatic heterocycles. The maximum Gasteiger partial charge on any atom is 0.257 e. The van der Waals surface area contributed by atoms with Crippen LogP contribution in [0.4, 0.5) is 0 Å². The fourth-order valence-corrected chi connectivity index (χ4v) is 4.54. The first-order chi connectivity index (χ1) is 13.2. The van der Waals surface area contributed by atoms with Crippen LogP contribution in [-0.4, -0.2) is 0 Å². The van der Waals surface area contributed by atoms with Crippen LogP contribution >= 0.6 is 0 Å². The fourth-order valence-electron chi connectivity index (χ4n) is 4.54. The van der Waals surface area contributed by atoms with E-state index in [9.17, 15) is 0 Å². The van der Waals surface area contributed by atoms with Crippen LogP contribution in [0.25, 0.3) is 43.6 Å². The average molecular weight is 348 g/mol. The first-order valence-electron chi connectivity index (χ1n) is 9.27. The lowest BCUT2D eigenvalue weighted by molar-refractivity contribution is -0.659. The van der Waals surface area contributed by atoms with Crippen molar-refractivity contribution in [2.75, 3.05) is 0 Å². The van der Waals surface area contributed by atoms with Gasteiger partial charge in [-0.3, -0.25) is 0 Å². The molecule has 0 aliphatic carbocycles. The number of hydrogen-bond acceptors (Lipinski definition) is 1. The van der Waals surface area contributed by atoms with Crippen molar-refractivity contribution in [2.24, 2.45) is 7.05 Å². The number of aromatic nitrogens is 1. The van der Waals surface area contributed by atoms with Crippen molar-refractivity contribution < 1.29 is 9.30 Å². The van der Waals surface area contributed by atoms with Gasteiger partial charge in [0.15, 0.2) is 6.20 Å². The van der Waals surface area contributed by atoms with Gasteiger partial charge >= 0.3 is 0 Å². The maximum atomic E-state index is 6.59. The molecule has 0 saturated carbocycles. The van der Waals surface area contributed by atoms with Crippen LogP contribution in [-0.2, 0) is 7.05 Å². The molecule has 0 fully saturated rings. The second-order valence-corrected chi connectivity index (χ2v) is 7.38. The van der Waals surface area contributed by atoms with Crippen LogP contribution in [0.2, 0.25) is 0 Å². The first kappa shape index (κ1) is 14.7. The van der Waals surface area contributed by atoms with E-state index in [2.05, 4.69) is 91.5 Å². The van der Waals surface area contributed by atoms with E-state index in [4.69, 9.17) is 4.74 Å². The van der Waals surface area contributed by atoms with Gasteiger partial charge in [0.05, 0.1) is 10.9 Å². The first-order valence-corrected chi connectivity index (χ1v) is 9.27. The molecule has 27 heavy (non-hydrogen) atoms. The lowest BCUT2D eigenvalue weighted by Crippen LogP contribution is -2.32. The quantitative estimate of drug-likeness (QED) is 0.240. The van der Waals surface area contributed by atoms with Gasteiger partial charge < -0.3 is 4.74 Å². The largest absolute Gasteiger partial charge is 0.449 e. The molecule has 1 aliphatic heterocycles. The highest BCUT2D eigenvalue weighted by molar-refractivity contribution is 6.14. The summed E-state index contributed by atoms with van der Waals surface area (Å²) in [6.07, 6.45) is 2.22. The predicted molar refractivity (Wildman–Crippen MR) is 110 cm³/mol. The third kappa shape index (κ3) is 1.87. The molecule has 0 amide bonds. The summed E-state index contributed by atoms with van der Waals surface area (Å²) >= 11 is 0. The highest BCUT2D eigenvalue weighted by Crippen LogP contribution is 2.49. The molecule has 1 aliphatic rings. The lowest BCUT2D eigenvalue weighted by Gasteiger charge is -2.22. The van der Waals surface area contributed by atoms with Gasteiger partial charge in [-0.2, -0.15) is 4.57 Å². The van der Waals surface area contributed by atoms with Crippen molar-refractivity contribution in [1.29, 1.82) is 0 Å². The number of pyridine rings is 1. The SMILES string of the molecule is Cc1ccc2cccc3c2c1-c1c(c2c(ccc4ccccc42)c[n+]1C)O3. The molecule has 0 radical (unpaired) electrons. The van der Waals surface area contributed by atoms with Gasteiger partial charge in [-0.05, 0) is 40.8 Å². The van der Waals surface area contributed by atoms with Crippen molar-refractivity contribution in [1.82, 2.24) is 0 Å². The van der Waals surface area contributed by atoms with E-state index in [-0.39, 0.29) is 0 Å². The summed E-state index contributed by atoms with van der Waals surface area (Å²) in [7, 11) is 2.11. The number of hydrogen-bond donors (Lipinski definition) is 0. The molecule has 0 bridgehead atoms. The standard InChI is InChI=1S/C25H18NO/c1-15-10-11-17-7-5-9-20-23(17)21(15)24-25(27-20)22-18(14-26(24)2)13-12-16-6-3-4-8-19(16)22/h3-14H,1-2H3/q+1. The minimum absolute atomic E-state index is 0.944. The Morgan fingerprint density at radius 2 is 1.52 bits per heavy atom. The van der Waals surface area contributed by atoms with E-state index in [1.165, 1.54) is 43.4 Å². The number of fused-ring (bicyclic) bond motifs is 6. The zero-order chi connectivity index (χ0) is 18.1. The molecule has 0 saturated heterocycles. The smallest absolute Gasteiger partial charge is 0.257 e. The van der Waals surface area contributed by atoms with Crippen LogP contribution < -0.4 is 9.30 Å². The van der Waals surface area contributed by atoms with Crippen molar-refractivity contribution >= 4 is 32.3 Å².